The monoisotopic (exact) mass is 780 g/mol. The van der Waals surface area contributed by atoms with Gasteiger partial charge < -0.3 is 45.8 Å². The number of hydrogen-bond donors (Lipinski definition) is 8. The zero-order valence-corrected chi connectivity index (χ0v) is 34.9. The van der Waals surface area contributed by atoms with E-state index in [1.807, 2.05) is 0 Å². The third-order valence-corrected chi connectivity index (χ3v) is 16.6. The number of hydrogen-bond acceptors (Lipinski definition) is 10. The number of esters is 1. The summed E-state index contributed by atoms with van der Waals surface area (Å²) in [7, 11) is 1.57. The molecule has 0 aromatic carbocycles. The number of carbonyl (C=O) groups is 3. The van der Waals surface area contributed by atoms with Gasteiger partial charge in [0.05, 0.1) is 30.0 Å². The Bertz CT molecular complexity index is 1430. The highest BCUT2D eigenvalue weighted by Crippen LogP contribution is 2.77. The van der Waals surface area contributed by atoms with Gasteiger partial charge in [-0.05, 0) is 138 Å². The lowest BCUT2D eigenvalue weighted by Crippen LogP contribution is -2.67. The van der Waals surface area contributed by atoms with Crippen LogP contribution in [0.3, 0.4) is 0 Å². The molecule has 5 rings (SSSR count). The van der Waals surface area contributed by atoms with E-state index in [4.69, 9.17) is 25.2 Å². The Hall–Kier alpha value is -2.09. The lowest BCUT2D eigenvalue weighted by atomic mass is 9.32. The van der Waals surface area contributed by atoms with Crippen LogP contribution in [-0.2, 0) is 19.1 Å². The van der Waals surface area contributed by atoms with Gasteiger partial charge in [0.25, 0.3) is 0 Å². The number of rotatable bonds is 12. The molecule has 0 radical (unpaired) electrons. The first-order chi connectivity index (χ1) is 25.3. The van der Waals surface area contributed by atoms with Crippen LogP contribution in [0.5, 0.6) is 0 Å². The van der Waals surface area contributed by atoms with Crippen LogP contribution < -0.4 is 5.32 Å². The summed E-state index contributed by atoms with van der Waals surface area (Å²) in [5.41, 5.74) is -0.477. The summed E-state index contributed by atoms with van der Waals surface area (Å²) in [6, 6.07) is 0. The Morgan fingerprint density at radius 2 is 1.44 bits per heavy atom. The second kappa shape index (κ2) is 16.3. The van der Waals surface area contributed by atoms with Crippen molar-refractivity contribution in [3.8, 4) is 0 Å². The summed E-state index contributed by atoms with van der Waals surface area (Å²) in [5.74, 6) is -0.165. The minimum Gasteiger partial charge on any atom is -0.481 e. The normalized spacial score (nSPS) is 40.0. The molecule has 0 heterocycles. The number of aliphatic hydroxyl groups excluding tert-OH is 5. The summed E-state index contributed by atoms with van der Waals surface area (Å²) < 4.78 is 6.10. The fraction of sp³-hybridized carbons (Fsp3) is 0.884. The van der Waals surface area contributed by atoms with E-state index >= 15 is 0 Å². The van der Waals surface area contributed by atoms with Gasteiger partial charge in [-0.2, -0.15) is 0 Å². The number of aliphatic hydroxyl groups is 5. The van der Waals surface area contributed by atoms with Crippen molar-refractivity contribution in [2.75, 3.05) is 20.2 Å². The van der Waals surface area contributed by atoms with E-state index in [9.17, 15) is 29.7 Å². The van der Waals surface area contributed by atoms with Crippen molar-refractivity contribution in [1.29, 1.82) is 0 Å². The molecule has 5 fully saturated rings. The SMILES string of the molecule is C=C(C)[C@@H]1CC[C@]2(C(=O)O)CC[C@]3(C)[C@H](CC[C@@H]4[C@@]5(C)CC[C@H](OC(=O)CC(C)(C)C(=O)O)C(C)(C)[C@@H]5CC[C@]43C)[C@@H]12.CNC[C@H](O)[C@@H](O)[C@H](O)[C@H](O)CO. The van der Waals surface area contributed by atoms with Gasteiger partial charge in [0.2, 0.25) is 0 Å². The van der Waals surface area contributed by atoms with Crippen molar-refractivity contribution in [3.05, 3.63) is 12.2 Å². The fourth-order valence-electron chi connectivity index (χ4n) is 13.2. The first kappa shape index (κ1) is 45.6. The molecular formula is C43H73NO11. The molecule has 0 saturated heterocycles. The second-order valence-corrected chi connectivity index (χ2v) is 20.2. The number of nitrogens with one attached hydrogen (secondary N) is 1. The van der Waals surface area contributed by atoms with E-state index < -0.39 is 59.8 Å². The van der Waals surface area contributed by atoms with Crippen LogP contribution in [0.1, 0.15) is 126 Å². The van der Waals surface area contributed by atoms with Gasteiger partial charge in [-0.3, -0.25) is 14.4 Å². The van der Waals surface area contributed by atoms with Crippen LogP contribution in [0.15, 0.2) is 12.2 Å². The predicted octanol–water partition coefficient (Wildman–Crippen LogP) is 4.78. The van der Waals surface area contributed by atoms with Crippen LogP contribution in [0, 0.1) is 62.1 Å². The molecule has 0 aliphatic heterocycles. The van der Waals surface area contributed by atoms with Crippen molar-refractivity contribution < 1.29 is 54.9 Å². The molecule has 0 amide bonds. The van der Waals surface area contributed by atoms with E-state index in [1.54, 1.807) is 20.9 Å². The van der Waals surface area contributed by atoms with E-state index in [2.05, 4.69) is 53.4 Å². The highest BCUT2D eigenvalue weighted by molar-refractivity contribution is 5.81. The number of carbonyl (C=O) groups excluding carboxylic acids is 1. The molecule has 5 saturated carbocycles. The number of fused-ring (bicyclic) bond motifs is 7. The molecule has 5 aliphatic rings. The van der Waals surface area contributed by atoms with Crippen molar-refractivity contribution in [3.63, 3.8) is 0 Å². The topological polar surface area (TPSA) is 214 Å². The lowest BCUT2D eigenvalue weighted by Gasteiger charge is -2.72. The quantitative estimate of drug-likeness (QED) is 0.0993. The van der Waals surface area contributed by atoms with Crippen LogP contribution in [-0.4, -0.2) is 104 Å². The Balaban J connectivity index is 0.000000444. The predicted molar refractivity (Wildman–Crippen MR) is 208 cm³/mol. The summed E-state index contributed by atoms with van der Waals surface area (Å²) in [4.78, 5) is 37.5. The number of likely N-dealkylation sites (N-methyl/N-ethyl adjacent to an activating group) is 1. The number of carboxylic acids is 2. The molecule has 316 valence electrons. The van der Waals surface area contributed by atoms with E-state index in [0.717, 1.165) is 69.8 Å². The maximum absolute atomic E-state index is 12.9. The fourth-order valence-corrected chi connectivity index (χ4v) is 13.2. The van der Waals surface area contributed by atoms with Crippen molar-refractivity contribution in [2.45, 2.75) is 157 Å². The number of carboxylic acid groups (broad SMARTS) is 2. The summed E-state index contributed by atoms with van der Waals surface area (Å²) in [6.07, 6.45) is 3.73. The molecule has 14 atom stereocenters. The minimum atomic E-state index is -1.55. The molecule has 8 N–H and O–H groups in total. The standard InChI is InChI=1S/C36H56O6.C7H17NO5/c1-21(2)22-12-17-36(30(40)41)19-18-34(8)23(28(22)36)10-11-25-33(7)15-14-26(42-27(37)20-31(3,4)29(38)39)32(5,6)24(33)13-16-35(25,34)9;1-8-2-4(10)6(12)7(13)5(11)3-9/h22-26,28H,1,10-20H2,2-9H3,(H,38,39)(H,40,41);4-13H,2-3H2,1H3/t22-,23+,24-,25+,26-,28+,33-,34+,35+,36-;4-,5+,6+,7+/m00/s1. The Kier molecular flexibility index (Phi) is 13.5. The molecular weight excluding hydrogens is 706 g/mol. The minimum absolute atomic E-state index is 0.0847. The van der Waals surface area contributed by atoms with Crippen molar-refractivity contribution >= 4 is 17.9 Å². The highest BCUT2D eigenvalue weighted by atomic mass is 16.5. The zero-order valence-electron chi connectivity index (χ0n) is 34.9. The lowest BCUT2D eigenvalue weighted by molar-refractivity contribution is -0.250. The maximum Gasteiger partial charge on any atom is 0.309 e. The Labute approximate surface area is 328 Å². The van der Waals surface area contributed by atoms with Gasteiger partial charge in [-0.15, -0.1) is 0 Å². The third-order valence-electron chi connectivity index (χ3n) is 16.6. The molecule has 12 heteroatoms. The van der Waals surface area contributed by atoms with Crippen molar-refractivity contribution in [2.24, 2.45) is 62.1 Å². The van der Waals surface area contributed by atoms with Gasteiger partial charge in [0, 0.05) is 12.0 Å². The molecule has 55 heavy (non-hydrogen) atoms. The number of aliphatic carboxylic acids is 2. The van der Waals surface area contributed by atoms with Crippen LogP contribution >= 0.6 is 0 Å². The third kappa shape index (κ3) is 7.78. The summed E-state index contributed by atoms with van der Waals surface area (Å²) in [5, 5.41) is 67.6. The number of ether oxygens (including phenoxy) is 1. The zero-order chi connectivity index (χ0) is 41.7. The molecule has 0 aromatic heterocycles. The van der Waals surface area contributed by atoms with Gasteiger partial charge >= 0.3 is 17.9 Å². The second-order valence-electron chi connectivity index (χ2n) is 20.2. The molecule has 12 nitrogen and oxygen atoms in total. The van der Waals surface area contributed by atoms with E-state index in [0.29, 0.717) is 23.7 Å². The smallest absolute Gasteiger partial charge is 0.309 e. The molecule has 0 aromatic rings. The van der Waals surface area contributed by atoms with Crippen molar-refractivity contribution in [1.82, 2.24) is 5.32 Å². The van der Waals surface area contributed by atoms with E-state index in [-0.39, 0.29) is 46.6 Å². The number of allylic oxidation sites excluding steroid dienone is 1. The largest absolute Gasteiger partial charge is 0.481 e. The summed E-state index contributed by atoms with van der Waals surface area (Å²) in [6.45, 7) is 21.2. The van der Waals surface area contributed by atoms with E-state index in [1.165, 1.54) is 0 Å². The first-order valence-corrected chi connectivity index (χ1v) is 20.6. The van der Waals surface area contributed by atoms with Gasteiger partial charge in [-0.25, -0.2) is 0 Å². The first-order valence-electron chi connectivity index (χ1n) is 20.6. The molecule has 0 bridgehead atoms. The highest BCUT2D eigenvalue weighted by Gasteiger charge is 2.72. The molecule has 5 aliphatic carbocycles. The summed E-state index contributed by atoms with van der Waals surface area (Å²) >= 11 is 0. The maximum atomic E-state index is 12.9. The molecule has 0 unspecified atom stereocenters. The Morgan fingerprint density at radius 1 is 0.818 bits per heavy atom. The van der Waals surface area contributed by atoms with Crippen LogP contribution in [0.25, 0.3) is 0 Å². The van der Waals surface area contributed by atoms with Crippen LogP contribution in [0.2, 0.25) is 0 Å². The van der Waals surface area contributed by atoms with Gasteiger partial charge in [0.15, 0.2) is 0 Å². The average Bonchev–Trinajstić information content (AvgIpc) is 3.50. The van der Waals surface area contributed by atoms with Crippen LogP contribution in [0.4, 0.5) is 0 Å². The molecule has 0 spiro atoms. The van der Waals surface area contributed by atoms with Gasteiger partial charge in [-0.1, -0.05) is 46.8 Å². The Morgan fingerprint density at radius 3 is 1.98 bits per heavy atom. The average molecular weight is 780 g/mol. The van der Waals surface area contributed by atoms with Gasteiger partial charge in [0.1, 0.15) is 24.4 Å².